The molecule has 0 spiro atoms. The number of carbonyl (C=O) groups excluding carboxylic acids is 1. The van der Waals surface area contributed by atoms with Crippen LogP contribution in [0.5, 0.6) is 0 Å². The smallest absolute Gasteiger partial charge is 0.308 e. The van der Waals surface area contributed by atoms with E-state index in [0.717, 1.165) is 24.0 Å². The molecule has 1 aliphatic rings. The van der Waals surface area contributed by atoms with Crippen molar-refractivity contribution in [2.75, 3.05) is 6.54 Å². The lowest BCUT2D eigenvalue weighted by Crippen LogP contribution is -2.34. The number of hydrogen-bond donors (Lipinski definition) is 2. The number of hydrogen-bond acceptors (Lipinski definition) is 2. The second-order valence-electron chi connectivity index (χ2n) is 6.00. The number of allylic oxidation sites excluding steroid dienone is 2. The summed E-state index contributed by atoms with van der Waals surface area (Å²) in [6, 6.07) is 7.82. The molecule has 4 heteroatoms. The molecule has 22 heavy (non-hydrogen) atoms. The van der Waals surface area contributed by atoms with E-state index in [1.807, 2.05) is 31.2 Å². The van der Waals surface area contributed by atoms with Crippen LogP contribution in [-0.4, -0.2) is 23.5 Å². The van der Waals surface area contributed by atoms with Gasteiger partial charge in [0, 0.05) is 13.0 Å². The first kappa shape index (κ1) is 16.3. The molecule has 1 aromatic rings. The largest absolute Gasteiger partial charge is 0.481 e. The van der Waals surface area contributed by atoms with Crippen LogP contribution < -0.4 is 5.32 Å². The standard InChI is InChI=1S/C18H23NO3/c1-13-5-4-8-15(9-13)10-16(18(21)22)12-19-17(20)11-14-6-2-3-7-14/h2,4-6,8-9,14,16H,3,7,10-12H2,1H3,(H,19,20)(H,21,22). The molecular weight excluding hydrogens is 278 g/mol. The van der Waals surface area contributed by atoms with Gasteiger partial charge in [0.15, 0.2) is 0 Å². The molecule has 2 rings (SSSR count). The van der Waals surface area contributed by atoms with Crippen LogP contribution in [0.3, 0.4) is 0 Å². The molecule has 2 atom stereocenters. The lowest BCUT2D eigenvalue weighted by Gasteiger charge is -2.15. The van der Waals surface area contributed by atoms with E-state index in [4.69, 9.17) is 0 Å². The number of rotatable bonds is 7. The SMILES string of the molecule is Cc1cccc(CC(CNC(=O)CC2C=CCC2)C(=O)O)c1. The molecule has 118 valence electrons. The average Bonchev–Trinajstić information content (AvgIpc) is 2.96. The van der Waals surface area contributed by atoms with Gasteiger partial charge in [-0.25, -0.2) is 0 Å². The highest BCUT2D eigenvalue weighted by atomic mass is 16.4. The minimum absolute atomic E-state index is 0.0629. The summed E-state index contributed by atoms with van der Waals surface area (Å²) in [6.07, 6.45) is 7.09. The van der Waals surface area contributed by atoms with E-state index in [9.17, 15) is 14.7 Å². The zero-order valence-corrected chi connectivity index (χ0v) is 12.9. The maximum absolute atomic E-state index is 11.9. The Kier molecular flexibility index (Phi) is 5.75. The van der Waals surface area contributed by atoms with E-state index >= 15 is 0 Å². The molecule has 0 saturated carbocycles. The van der Waals surface area contributed by atoms with Gasteiger partial charge in [0.1, 0.15) is 0 Å². The summed E-state index contributed by atoms with van der Waals surface area (Å²) in [4.78, 5) is 23.3. The van der Waals surface area contributed by atoms with Gasteiger partial charge >= 0.3 is 5.97 Å². The number of aryl methyl sites for hydroxylation is 1. The second-order valence-corrected chi connectivity index (χ2v) is 6.00. The first-order valence-corrected chi connectivity index (χ1v) is 7.76. The first-order chi connectivity index (χ1) is 10.5. The van der Waals surface area contributed by atoms with Gasteiger partial charge < -0.3 is 10.4 Å². The van der Waals surface area contributed by atoms with Crippen LogP contribution in [0.15, 0.2) is 36.4 Å². The number of carboxylic acid groups (broad SMARTS) is 1. The Morgan fingerprint density at radius 1 is 1.41 bits per heavy atom. The Balaban J connectivity index is 1.84. The minimum Gasteiger partial charge on any atom is -0.481 e. The van der Waals surface area contributed by atoms with Gasteiger partial charge in [0.25, 0.3) is 0 Å². The Morgan fingerprint density at radius 2 is 2.23 bits per heavy atom. The second kappa shape index (κ2) is 7.78. The third-order valence-electron chi connectivity index (χ3n) is 4.02. The van der Waals surface area contributed by atoms with Crippen LogP contribution in [0.4, 0.5) is 0 Å². The normalized spacial score (nSPS) is 18.1. The summed E-state index contributed by atoms with van der Waals surface area (Å²) in [5.74, 6) is -1.22. The summed E-state index contributed by atoms with van der Waals surface area (Å²) >= 11 is 0. The summed E-state index contributed by atoms with van der Waals surface area (Å²) in [5, 5.41) is 12.1. The van der Waals surface area contributed by atoms with Crippen molar-refractivity contribution >= 4 is 11.9 Å². The highest BCUT2D eigenvalue weighted by molar-refractivity contribution is 5.78. The Morgan fingerprint density at radius 3 is 2.86 bits per heavy atom. The van der Waals surface area contributed by atoms with Crippen LogP contribution in [0.1, 0.15) is 30.4 Å². The van der Waals surface area contributed by atoms with Crippen molar-refractivity contribution in [1.29, 1.82) is 0 Å². The molecule has 1 amide bonds. The van der Waals surface area contributed by atoms with E-state index in [2.05, 4.69) is 17.5 Å². The highest BCUT2D eigenvalue weighted by Crippen LogP contribution is 2.20. The van der Waals surface area contributed by atoms with Gasteiger partial charge in [0.05, 0.1) is 5.92 Å². The first-order valence-electron chi connectivity index (χ1n) is 7.76. The van der Waals surface area contributed by atoms with Gasteiger partial charge in [0.2, 0.25) is 5.91 Å². The number of carboxylic acids is 1. The number of carbonyl (C=O) groups is 2. The summed E-state index contributed by atoms with van der Waals surface area (Å²) in [5.41, 5.74) is 2.10. The number of aliphatic carboxylic acids is 1. The summed E-state index contributed by atoms with van der Waals surface area (Å²) < 4.78 is 0. The molecule has 0 heterocycles. The molecule has 0 radical (unpaired) electrons. The van der Waals surface area contributed by atoms with Crippen molar-refractivity contribution in [1.82, 2.24) is 5.32 Å². The number of amides is 1. The lowest BCUT2D eigenvalue weighted by molar-refractivity contribution is -0.141. The molecular formula is C18H23NO3. The molecule has 0 bridgehead atoms. The van der Waals surface area contributed by atoms with Crippen molar-refractivity contribution in [2.45, 2.75) is 32.6 Å². The van der Waals surface area contributed by atoms with Gasteiger partial charge in [-0.1, -0.05) is 42.0 Å². The van der Waals surface area contributed by atoms with Crippen LogP contribution >= 0.6 is 0 Å². The number of nitrogens with one attached hydrogen (secondary N) is 1. The minimum atomic E-state index is -0.873. The van der Waals surface area contributed by atoms with E-state index in [1.54, 1.807) is 0 Å². The molecule has 0 saturated heterocycles. The predicted molar refractivity (Wildman–Crippen MR) is 85.5 cm³/mol. The molecule has 2 N–H and O–H groups in total. The van der Waals surface area contributed by atoms with Crippen LogP contribution in [-0.2, 0) is 16.0 Å². The van der Waals surface area contributed by atoms with E-state index in [-0.39, 0.29) is 12.5 Å². The van der Waals surface area contributed by atoms with Crippen molar-refractivity contribution in [2.24, 2.45) is 11.8 Å². The van der Waals surface area contributed by atoms with Gasteiger partial charge in [-0.15, -0.1) is 0 Å². The lowest BCUT2D eigenvalue weighted by atomic mass is 9.98. The van der Waals surface area contributed by atoms with Crippen molar-refractivity contribution in [3.8, 4) is 0 Å². The fourth-order valence-corrected chi connectivity index (χ4v) is 2.78. The average molecular weight is 301 g/mol. The van der Waals surface area contributed by atoms with Gasteiger partial charge in [-0.05, 0) is 37.7 Å². The zero-order valence-electron chi connectivity index (χ0n) is 12.9. The van der Waals surface area contributed by atoms with Gasteiger partial charge in [-0.2, -0.15) is 0 Å². The maximum atomic E-state index is 11.9. The van der Waals surface area contributed by atoms with E-state index in [0.29, 0.717) is 18.8 Å². The molecule has 0 fully saturated rings. The Hall–Kier alpha value is -2.10. The Bertz CT molecular complexity index is 565. The van der Waals surface area contributed by atoms with Crippen molar-refractivity contribution < 1.29 is 14.7 Å². The molecule has 0 aliphatic heterocycles. The molecule has 0 aromatic heterocycles. The Labute approximate surface area is 131 Å². The third-order valence-corrected chi connectivity index (χ3v) is 4.02. The third kappa shape index (κ3) is 5.02. The zero-order chi connectivity index (χ0) is 15.9. The summed E-state index contributed by atoms with van der Waals surface area (Å²) in [6.45, 7) is 2.16. The molecule has 1 aliphatic carbocycles. The maximum Gasteiger partial charge on any atom is 0.308 e. The van der Waals surface area contributed by atoms with Crippen molar-refractivity contribution in [3.63, 3.8) is 0 Å². The monoisotopic (exact) mass is 301 g/mol. The van der Waals surface area contributed by atoms with Crippen LogP contribution in [0.25, 0.3) is 0 Å². The number of benzene rings is 1. The van der Waals surface area contributed by atoms with Crippen LogP contribution in [0.2, 0.25) is 0 Å². The van der Waals surface area contributed by atoms with Gasteiger partial charge in [-0.3, -0.25) is 9.59 Å². The fourth-order valence-electron chi connectivity index (χ4n) is 2.78. The van der Waals surface area contributed by atoms with Crippen molar-refractivity contribution in [3.05, 3.63) is 47.5 Å². The van der Waals surface area contributed by atoms with E-state index < -0.39 is 11.9 Å². The predicted octanol–water partition coefficient (Wildman–Crippen LogP) is 2.71. The summed E-state index contributed by atoms with van der Waals surface area (Å²) in [7, 11) is 0. The van der Waals surface area contributed by atoms with E-state index in [1.165, 1.54) is 0 Å². The molecule has 4 nitrogen and oxygen atoms in total. The molecule has 1 aromatic carbocycles. The fraction of sp³-hybridized carbons (Fsp3) is 0.444. The quantitative estimate of drug-likeness (QED) is 0.761. The van der Waals surface area contributed by atoms with Crippen LogP contribution in [0, 0.1) is 18.8 Å². The molecule has 2 unspecified atom stereocenters. The topological polar surface area (TPSA) is 66.4 Å². The highest BCUT2D eigenvalue weighted by Gasteiger charge is 2.20.